The number of primary amides is 1. The number of amides is 12. The average molecular weight is 1250 g/mol. The summed E-state index contributed by atoms with van der Waals surface area (Å²) in [6.45, 7) is 0.949. The summed E-state index contributed by atoms with van der Waals surface area (Å²) in [4.78, 5) is 161. The summed E-state index contributed by atoms with van der Waals surface area (Å²) in [5.41, 5.74) is 52.3. The van der Waals surface area contributed by atoms with E-state index in [1.165, 1.54) is 19.1 Å². The van der Waals surface area contributed by atoms with Gasteiger partial charge in [-0.3, -0.25) is 57.5 Å². The number of hydrogen-bond donors (Lipinski definition) is 21. The molecule has 0 aromatic heterocycles. The molecule has 0 fully saturated rings. The molecule has 1 aromatic carbocycles. The van der Waals surface area contributed by atoms with E-state index in [2.05, 4.69) is 58.5 Å². The third kappa shape index (κ3) is 32.4. The van der Waals surface area contributed by atoms with Crippen LogP contribution in [0.15, 0.2) is 24.3 Å². The molecule has 0 spiro atoms. The van der Waals surface area contributed by atoms with E-state index in [0.717, 1.165) is 0 Å². The Bertz CT molecular complexity index is 2360. The first-order valence-corrected chi connectivity index (χ1v) is 29.9. The summed E-state index contributed by atoms with van der Waals surface area (Å²) in [6.07, 6.45) is 2.11. The molecule has 1 aromatic rings. The number of aromatic hydroxyl groups is 1. The molecule has 0 bridgehead atoms. The van der Waals surface area contributed by atoms with Gasteiger partial charge < -0.3 is 115 Å². The number of carbonyl (C=O) groups excluding carboxylic acids is 12. The van der Waals surface area contributed by atoms with Crippen LogP contribution in [-0.4, -0.2) is 196 Å². The van der Waals surface area contributed by atoms with Crippen LogP contribution < -0.4 is 110 Å². The van der Waals surface area contributed by atoms with Gasteiger partial charge in [-0.25, -0.2) is 0 Å². The molecule has 33 nitrogen and oxygen atoms in total. The second kappa shape index (κ2) is 45.6. The van der Waals surface area contributed by atoms with E-state index in [1.807, 2.05) is 0 Å². The number of rotatable bonds is 48. The molecule has 88 heavy (non-hydrogen) atoms. The summed E-state index contributed by atoms with van der Waals surface area (Å²) in [6, 6.07) is -5.31. The van der Waals surface area contributed by atoms with E-state index < -0.39 is 138 Å². The molecule has 0 saturated heterocycles. The lowest BCUT2D eigenvalue weighted by Gasteiger charge is -2.28. The quantitative estimate of drug-likeness (QED) is 0.0288. The highest BCUT2D eigenvalue weighted by Crippen LogP contribution is 2.13. The first-order valence-electron chi connectivity index (χ1n) is 29.9. The summed E-state index contributed by atoms with van der Waals surface area (Å²) >= 11 is 0. The van der Waals surface area contributed by atoms with Crippen molar-refractivity contribution in [2.75, 3.05) is 65.4 Å². The highest BCUT2D eigenvalue weighted by molar-refractivity contribution is 5.98. The third-order valence-corrected chi connectivity index (χ3v) is 13.6. The van der Waals surface area contributed by atoms with Crippen molar-refractivity contribution in [2.45, 2.75) is 170 Å². The number of hydrogen-bond acceptors (Lipinski definition) is 21. The molecular formula is C55H100N20O13. The zero-order valence-electron chi connectivity index (χ0n) is 50.6. The van der Waals surface area contributed by atoms with Crippen molar-refractivity contribution in [1.82, 2.24) is 58.5 Å². The standard InChI is InChI=1S/C55H100N20O13/c1-33(76)67-44(30-34-18-20-35(77)21-19-34)48(81)66-31-45(78)65-32-46(79)68-37(11-3-23-57)49(82)70-39(13-5-25-59)51(84)72-41(15-7-27-61)53(86)74-43(17-9-29-63)55(88)75-42(16-8-28-62)54(87)73-40(14-6-26-60)52(85)71-38(12-4-24-58)50(83)69-36(47(64)80)10-2-22-56/h18-21,36-44,77H,2-17,22-32,56-63H2,1H3,(H2,64,80)(H,65,78)(H,66,81)(H,67,76)(H,68,79)(H,69,83)(H,70,82)(H,71,85)(H,72,84)(H,73,87)(H,74,86)(H,75,88)/t36-,37-,38-,39-,40-,41-,42-,43-,44-/m0/s1. The van der Waals surface area contributed by atoms with Crippen molar-refractivity contribution in [3.63, 3.8) is 0 Å². The van der Waals surface area contributed by atoms with Crippen LogP contribution in [0.1, 0.15) is 115 Å². The summed E-state index contributed by atoms with van der Waals surface area (Å²) in [7, 11) is 0. The van der Waals surface area contributed by atoms with Crippen LogP contribution in [0.3, 0.4) is 0 Å². The van der Waals surface area contributed by atoms with Crippen molar-refractivity contribution in [3.8, 4) is 5.75 Å². The van der Waals surface area contributed by atoms with Crippen LogP contribution in [0, 0.1) is 0 Å². The SMILES string of the molecule is CC(=O)N[C@@H](Cc1ccc(O)cc1)C(=O)NCC(=O)NCC(=O)N[C@@H](CCCN)C(=O)N[C@@H](CCCN)C(=O)N[C@@H](CCCN)C(=O)N[C@@H](CCCN)C(=O)N[C@@H](CCCN)C(=O)N[C@@H](CCCN)C(=O)N[C@@H](CCCN)C(=O)N[C@@H](CCCN)C(N)=O. The molecule has 0 aliphatic rings. The Morgan fingerprint density at radius 2 is 0.602 bits per heavy atom. The number of phenolic OH excluding ortho intramolecular Hbond substituents is 1. The monoisotopic (exact) mass is 1250 g/mol. The van der Waals surface area contributed by atoms with E-state index in [1.54, 1.807) is 12.1 Å². The summed E-state index contributed by atoms with van der Waals surface area (Å²) < 4.78 is 0. The second-order valence-corrected chi connectivity index (χ2v) is 21.0. The van der Waals surface area contributed by atoms with Gasteiger partial charge in [0.2, 0.25) is 70.9 Å². The van der Waals surface area contributed by atoms with Gasteiger partial charge in [0, 0.05) is 13.3 Å². The van der Waals surface area contributed by atoms with Gasteiger partial charge in [0.05, 0.1) is 13.1 Å². The molecule has 33 heteroatoms. The number of phenols is 1. The largest absolute Gasteiger partial charge is 0.508 e. The fraction of sp³-hybridized carbons (Fsp3) is 0.673. The van der Waals surface area contributed by atoms with Gasteiger partial charge in [-0.15, -0.1) is 0 Å². The van der Waals surface area contributed by atoms with Gasteiger partial charge in [-0.05, 0) is 173 Å². The van der Waals surface area contributed by atoms with E-state index in [0.29, 0.717) is 18.4 Å². The zero-order valence-corrected chi connectivity index (χ0v) is 50.6. The molecule has 0 aliphatic heterocycles. The van der Waals surface area contributed by atoms with E-state index in [-0.39, 0.29) is 154 Å². The van der Waals surface area contributed by atoms with Gasteiger partial charge in [-0.2, -0.15) is 0 Å². The molecule has 9 atom stereocenters. The van der Waals surface area contributed by atoms with Gasteiger partial charge in [0.15, 0.2) is 0 Å². The van der Waals surface area contributed by atoms with Crippen LogP contribution >= 0.6 is 0 Å². The zero-order chi connectivity index (χ0) is 66.0. The van der Waals surface area contributed by atoms with Crippen LogP contribution in [0.4, 0.5) is 0 Å². The minimum absolute atomic E-state index is 0.000917. The Kier molecular flexibility index (Phi) is 40.6. The lowest BCUT2D eigenvalue weighted by Crippen LogP contribution is -2.60. The smallest absolute Gasteiger partial charge is 0.243 e. The minimum atomic E-state index is -1.35. The van der Waals surface area contributed by atoms with Crippen molar-refractivity contribution >= 4 is 70.9 Å². The first-order chi connectivity index (χ1) is 42.0. The Balaban J connectivity index is 3.30. The minimum Gasteiger partial charge on any atom is -0.508 e. The Labute approximate surface area is 513 Å². The normalized spacial score (nSPS) is 14.1. The molecule has 0 radical (unpaired) electrons. The molecule has 0 unspecified atom stereocenters. The topological polar surface area (TPSA) is 592 Å². The van der Waals surface area contributed by atoms with Crippen molar-refractivity contribution in [2.24, 2.45) is 51.6 Å². The van der Waals surface area contributed by atoms with E-state index in [4.69, 9.17) is 51.6 Å². The van der Waals surface area contributed by atoms with Crippen molar-refractivity contribution in [3.05, 3.63) is 29.8 Å². The molecule has 12 amide bonds. The van der Waals surface area contributed by atoms with Crippen LogP contribution in [0.5, 0.6) is 5.75 Å². The maximum Gasteiger partial charge on any atom is 0.243 e. The maximum atomic E-state index is 14.2. The fourth-order valence-electron chi connectivity index (χ4n) is 8.75. The molecule has 0 aliphatic carbocycles. The summed E-state index contributed by atoms with van der Waals surface area (Å²) in [5.74, 6) is -9.25. The Hall–Kier alpha value is -7.66. The molecule has 498 valence electrons. The first kappa shape index (κ1) is 78.4. The Morgan fingerprint density at radius 1 is 0.341 bits per heavy atom. The highest BCUT2D eigenvalue weighted by Gasteiger charge is 2.35. The summed E-state index contributed by atoms with van der Waals surface area (Å²) in [5, 5.41) is 37.8. The average Bonchev–Trinajstić information content (AvgIpc) is 2.59. The number of benzene rings is 1. The van der Waals surface area contributed by atoms with Crippen LogP contribution in [0.2, 0.25) is 0 Å². The lowest BCUT2D eigenvalue weighted by molar-refractivity contribution is -0.136. The molecule has 30 N–H and O–H groups in total. The van der Waals surface area contributed by atoms with E-state index in [9.17, 15) is 62.6 Å². The van der Waals surface area contributed by atoms with Gasteiger partial charge >= 0.3 is 0 Å². The predicted octanol–water partition coefficient (Wildman–Crippen LogP) is -8.05. The third-order valence-electron chi connectivity index (χ3n) is 13.6. The molecule has 1 rings (SSSR count). The molecule has 0 saturated carbocycles. The van der Waals surface area contributed by atoms with Gasteiger partial charge in [0.1, 0.15) is 60.1 Å². The predicted molar refractivity (Wildman–Crippen MR) is 326 cm³/mol. The lowest BCUT2D eigenvalue weighted by atomic mass is 10.0. The number of nitrogens with one attached hydrogen (secondary N) is 11. The van der Waals surface area contributed by atoms with Gasteiger partial charge in [-0.1, -0.05) is 12.1 Å². The Morgan fingerprint density at radius 3 is 0.875 bits per heavy atom. The van der Waals surface area contributed by atoms with Crippen molar-refractivity contribution in [1.29, 1.82) is 0 Å². The number of nitrogens with two attached hydrogens (primary N) is 9. The van der Waals surface area contributed by atoms with Gasteiger partial charge in [0.25, 0.3) is 0 Å². The molecular weight excluding hydrogens is 1150 g/mol. The fourth-order valence-corrected chi connectivity index (χ4v) is 8.75. The van der Waals surface area contributed by atoms with Crippen molar-refractivity contribution < 1.29 is 62.6 Å². The number of carbonyl (C=O) groups is 12. The second-order valence-electron chi connectivity index (χ2n) is 21.0. The van der Waals surface area contributed by atoms with Crippen LogP contribution in [0.25, 0.3) is 0 Å². The highest BCUT2D eigenvalue weighted by atomic mass is 16.3. The molecule has 0 heterocycles. The maximum absolute atomic E-state index is 14.2. The van der Waals surface area contributed by atoms with Crippen LogP contribution in [-0.2, 0) is 64.0 Å². The van der Waals surface area contributed by atoms with E-state index >= 15 is 0 Å².